The summed E-state index contributed by atoms with van der Waals surface area (Å²) < 4.78 is 0. The zero-order valence-corrected chi connectivity index (χ0v) is 31.9. The molecule has 288 valence electrons. The second-order valence-electron chi connectivity index (χ2n) is 14.6. The molecule has 0 spiro atoms. The van der Waals surface area contributed by atoms with Crippen LogP contribution >= 0.6 is 0 Å². The molecule has 1 aliphatic rings. The van der Waals surface area contributed by atoms with Crippen LogP contribution in [0.15, 0.2) is 0 Å². The van der Waals surface area contributed by atoms with Crippen LogP contribution in [0.1, 0.15) is 231 Å². The van der Waals surface area contributed by atoms with Gasteiger partial charge in [0.25, 0.3) is 0 Å². The Morgan fingerprint density at radius 2 is 0.250 bits per heavy atom. The maximum absolute atomic E-state index is 3.16. The van der Waals surface area contributed by atoms with Gasteiger partial charge < -0.3 is 0 Å². The topological polar surface area (TPSA) is 120 Å². The highest BCUT2D eigenvalue weighted by atomic mass is 15.9. The largest absolute Gasteiger partial charge is 0.243 e. The summed E-state index contributed by atoms with van der Waals surface area (Å²) in [5.74, 6) is 0. The van der Waals surface area contributed by atoms with Gasteiger partial charge >= 0.3 is 0 Å². The molecule has 0 aliphatic carbocycles. The second-order valence-corrected chi connectivity index (χ2v) is 14.6. The summed E-state index contributed by atoms with van der Waals surface area (Å²) in [5, 5.41) is 0. The Morgan fingerprint density at radius 1 is 0.125 bits per heavy atom. The Morgan fingerprint density at radius 3 is 0.417 bits per heavy atom. The van der Waals surface area contributed by atoms with Gasteiger partial charge in [-0.1, -0.05) is 218 Å². The molecule has 0 radical (unpaired) electrons. The lowest BCUT2D eigenvalue weighted by Crippen LogP contribution is -2.65. The van der Waals surface area contributed by atoms with Gasteiger partial charge in [-0.05, 0) is 12.8 Å². The molecule has 0 aromatic heterocycles. The van der Waals surface area contributed by atoms with Crippen molar-refractivity contribution in [1.29, 1.82) is 0 Å². The number of nitrogens with one attached hydrogen (secondary N) is 10. The molecule has 1 rings (SSSR count). The van der Waals surface area contributed by atoms with Gasteiger partial charge in [-0.25, -0.2) is 10.9 Å². The molecule has 0 amide bonds. The maximum atomic E-state index is 3.16. The standard InChI is InChI=1S/C38H86N10/c1-2-4-6-8-10-12-14-16-18-20-22-24-26-28-30-32-34-36-38-40-42-44-46-48-47-45-43-41-39-37-35-33-31-29-27-25-23-21-19-17-15-13-11-9-7-5-3-1/h39-48H,1-38H2. The number of hydrogen-bond acceptors (Lipinski definition) is 10. The van der Waals surface area contributed by atoms with E-state index < -0.39 is 0 Å². The zero-order chi connectivity index (χ0) is 33.9. The van der Waals surface area contributed by atoms with Crippen molar-refractivity contribution in [1.82, 2.24) is 55.1 Å². The van der Waals surface area contributed by atoms with Crippen molar-refractivity contribution >= 4 is 0 Å². The predicted octanol–water partition coefficient (Wildman–Crippen LogP) is 9.17. The van der Waals surface area contributed by atoms with Crippen molar-refractivity contribution in [2.45, 2.75) is 231 Å². The summed E-state index contributed by atoms with van der Waals surface area (Å²) >= 11 is 0. The fraction of sp³-hybridized carbons (Fsp3) is 1.00. The summed E-state index contributed by atoms with van der Waals surface area (Å²) in [5.41, 5.74) is 28.9. The van der Waals surface area contributed by atoms with E-state index in [4.69, 9.17) is 0 Å². The Bertz CT molecular complexity index is 304. The highest BCUT2D eigenvalue weighted by molar-refractivity contribution is 4.54. The van der Waals surface area contributed by atoms with Gasteiger partial charge in [-0.2, -0.15) is 44.3 Å². The molecule has 0 unspecified atom stereocenters. The number of rotatable bonds is 0. The van der Waals surface area contributed by atoms with Gasteiger partial charge in [0.1, 0.15) is 0 Å². The first-order valence-electron chi connectivity index (χ1n) is 21.5. The predicted molar refractivity (Wildman–Crippen MR) is 207 cm³/mol. The van der Waals surface area contributed by atoms with Crippen LogP contribution in [-0.4, -0.2) is 13.1 Å². The molecule has 10 nitrogen and oxygen atoms in total. The Kier molecular flexibility index (Phi) is 40.6. The Hall–Kier alpha value is -0.400. The molecule has 0 atom stereocenters. The molecule has 48 heavy (non-hydrogen) atoms. The minimum atomic E-state index is 0.942. The van der Waals surface area contributed by atoms with E-state index in [1.165, 1.54) is 231 Å². The van der Waals surface area contributed by atoms with Crippen LogP contribution in [0.4, 0.5) is 0 Å². The van der Waals surface area contributed by atoms with Crippen LogP contribution in [0, 0.1) is 0 Å². The average Bonchev–Trinajstić information content (AvgIpc) is 3.10. The van der Waals surface area contributed by atoms with Gasteiger partial charge in [0.2, 0.25) is 0 Å². The highest BCUT2D eigenvalue weighted by Gasteiger charge is 1.98. The molecule has 10 N–H and O–H groups in total. The second kappa shape index (κ2) is 42.8. The number of hydrogen-bond donors (Lipinski definition) is 10. The van der Waals surface area contributed by atoms with E-state index in [9.17, 15) is 0 Å². The van der Waals surface area contributed by atoms with Gasteiger partial charge in [0.05, 0.1) is 0 Å². The van der Waals surface area contributed by atoms with E-state index in [0.717, 1.165) is 13.1 Å². The van der Waals surface area contributed by atoms with Crippen molar-refractivity contribution in [3.63, 3.8) is 0 Å². The summed E-state index contributed by atoms with van der Waals surface area (Å²) in [6.07, 6.45) is 51.3. The van der Waals surface area contributed by atoms with Gasteiger partial charge in [0.15, 0.2) is 0 Å². The molecule has 0 aromatic carbocycles. The first-order valence-corrected chi connectivity index (χ1v) is 21.5. The molecule has 1 aliphatic heterocycles. The Balaban J connectivity index is 2.00. The van der Waals surface area contributed by atoms with E-state index in [0.29, 0.717) is 0 Å². The minimum Gasteiger partial charge on any atom is -0.243 e. The fourth-order valence-corrected chi connectivity index (χ4v) is 6.84. The minimum absolute atomic E-state index is 0.942. The van der Waals surface area contributed by atoms with E-state index in [1.807, 2.05) is 0 Å². The van der Waals surface area contributed by atoms with E-state index in [2.05, 4.69) is 55.1 Å². The molecule has 0 saturated carbocycles. The summed E-state index contributed by atoms with van der Waals surface area (Å²) in [6.45, 7) is 1.88. The normalized spacial score (nSPS) is 24.0. The third-order valence-electron chi connectivity index (χ3n) is 9.97. The smallest absolute Gasteiger partial charge is 0.0113 e. The van der Waals surface area contributed by atoms with Crippen molar-refractivity contribution in [3.8, 4) is 0 Å². The van der Waals surface area contributed by atoms with Gasteiger partial charge in [0, 0.05) is 13.1 Å². The zero-order valence-electron chi connectivity index (χ0n) is 31.9. The van der Waals surface area contributed by atoms with Crippen LogP contribution in [0.2, 0.25) is 0 Å². The van der Waals surface area contributed by atoms with E-state index in [-0.39, 0.29) is 0 Å². The summed E-state index contributed by atoms with van der Waals surface area (Å²) in [4.78, 5) is 0. The SMILES string of the molecule is C1CCCCCCCCCCCCCCCCCCCNNNNNNNNNNCCCCCCCCCCCCCCCCCC1. The summed E-state index contributed by atoms with van der Waals surface area (Å²) in [7, 11) is 0. The molecule has 1 saturated heterocycles. The lowest BCUT2D eigenvalue weighted by molar-refractivity contribution is 0.232. The molecule has 1 fully saturated rings. The summed E-state index contributed by atoms with van der Waals surface area (Å²) in [6, 6.07) is 0. The van der Waals surface area contributed by atoms with Crippen LogP contribution in [-0.2, 0) is 0 Å². The molecule has 10 heteroatoms. The lowest BCUT2D eigenvalue weighted by Gasteiger charge is -2.13. The van der Waals surface area contributed by atoms with Crippen LogP contribution < -0.4 is 55.1 Å². The quantitative estimate of drug-likeness (QED) is 0.121. The van der Waals surface area contributed by atoms with Crippen LogP contribution in [0.25, 0.3) is 0 Å². The van der Waals surface area contributed by atoms with Gasteiger partial charge in [-0.15, -0.1) is 0 Å². The van der Waals surface area contributed by atoms with Gasteiger partial charge in [-0.3, -0.25) is 0 Å². The molecular formula is C38H86N10. The van der Waals surface area contributed by atoms with Crippen LogP contribution in [0.3, 0.4) is 0 Å². The highest BCUT2D eigenvalue weighted by Crippen LogP contribution is 2.17. The van der Waals surface area contributed by atoms with Crippen molar-refractivity contribution in [3.05, 3.63) is 0 Å². The van der Waals surface area contributed by atoms with Crippen molar-refractivity contribution in [2.75, 3.05) is 13.1 Å². The van der Waals surface area contributed by atoms with Crippen LogP contribution in [0.5, 0.6) is 0 Å². The first kappa shape index (κ1) is 45.6. The average molecular weight is 683 g/mol. The molecular weight excluding hydrogens is 596 g/mol. The Labute approximate surface area is 298 Å². The van der Waals surface area contributed by atoms with E-state index >= 15 is 0 Å². The van der Waals surface area contributed by atoms with Crippen molar-refractivity contribution in [2.24, 2.45) is 0 Å². The third-order valence-corrected chi connectivity index (χ3v) is 9.97. The van der Waals surface area contributed by atoms with Crippen molar-refractivity contribution < 1.29 is 0 Å². The molecule has 0 bridgehead atoms. The number of hydrazine groups is 9. The monoisotopic (exact) mass is 683 g/mol. The maximum Gasteiger partial charge on any atom is 0.0113 e. The molecule has 0 aromatic rings. The molecule has 1 heterocycles. The third kappa shape index (κ3) is 40.0. The first-order chi connectivity index (χ1) is 24.0. The lowest BCUT2D eigenvalue weighted by atomic mass is 10.0. The fourth-order valence-electron chi connectivity index (χ4n) is 6.84. The van der Waals surface area contributed by atoms with E-state index in [1.54, 1.807) is 0 Å².